The van der Waals surface area contributed by atoms with Crippen molar-refractivity contribution in [2.24, 2.45) is 0 Å². The molecule has 0 saturated heterocycles. The van der Waals surface area contributed by atoms with Gasteiger partial charge in [-0.2, -0.15) is 0 Å². The van der Waals surface area contributed by atoms with E-state index in [0.29, 0.717) is 24.2 Å². The van der Waals surface area contributed by atoms with E-state index in [2.05, 4.69) is 15.3 Å². The maximum Gasteiger partial charge on any atom is 0.224 e. The molecule has 0 spiro atoms. The fourth-order valence-electron chi connectivity index (χ4n) is 1.60. The number of amides is 1. The van der Waals surface area contributed by atoms with Gasteiger partial charge in [0, 0.05) is 12.1 Å². The Morgan fingerprint density at radius 1 is 1.22 bits per heavy atom. The van der Waals surface area contributed by atoms with Gasteiger partial charge in [0.25, 0.3) is 0 Å². The van der Waals surface area contributed by atoms with Gasteiger partial charge in [0.15, 0.2) is 0 Å². The summed E-state index contributed by atoms with van der Waals surface area (Å²) < 4.78 is 0. The van der Waals surface area contributed by atoms with Gasteiger partial charge in [-0.05, 0) is 18.1 Å². The van der Waals surface area contributed by atoms with E-state index in [1.165, 1.54) is 6.33 Å². The fraction of sp³-hybridized carbons (Fsp3) is 0.154. The highest BCUT2D eigenvalue weighted by molar-refractivity contribution is 5.90. The number of benzene rings is 1. The van der Waals surface area contributed by atoms with Crippen LogP contribution in [0.3, 0.4) is 0 Å². The number of carbonyl (C=O) groups is 1. The molecule has 0 aliphatic carbocycles. The van der Waals surface area contributed by atoms with Crippen molar-refractivity contribution in [1.29, 1.82) is 0 Å². The fourth-order valence-corrected chi connectivity index (χ4v) is 1.60. The van der Waals surface area contributed by atoms with Crippen molar-refractivity contribution in [1.82, 2.24) is 9.97 Å². The molecule has 0 fully saturated rings. The molecule has 2 aromatic rings. The number of nitrogens with two attached hydrogens (primary N) is 1. The third-order valence-corrected chi connectivity index (χ3v) is 2.52. The Labute approximate surface area is 105 Å². The van der Waals surface area contributed by atoms with Crippen LogP contribution in [0.5, 0.6) is 0 Å². The Balaban J connectivity index is 1.88. The van der Waals surface area contributed by atoms with Gasteiger partial charge in [-0.25, -0.2) is 9.97 Å². The van der Waals surface area contributed by atoms with Crippen LogP contribution in [0.15, 0.2) is 43.0 Å². The lowest BCUT2D eigenvalue weighted by molar-refractivity contribution is -0.116. The Morgan fingerprint density at radius 3 is 2.67 bits per heavy atom. The van der Waals surface area contributed by atoms with Crippen molar-refractivity contribution in [2.75, 3.05) is 11.1 Å². The average Bonchev–Trinajstić information content (AvgIpc) is 2.39. The van der Waals surface area contributed by atoms with Crippen molar-refractivity contribution in [3.05, 3.63) is 48.5 Å². The van der Waals surface area contributed by atoms with Gasteiger partial charge < -0.3 is 11.1 Å². The van der Waals surface area contributed by atoms with Crippen LogP contribution in [0.25, 0.3) is 0 Å². The maximum absolute atomic E-state index is 11.7. The molecule has 5 heteroatoms. The van der Waals surface area contributed by atoms with E-state index in [1.54, 1.807) is 12.4 Å². The van der Waals surface area contributed by atoms with Gasteiger partial charge in [0.05, 0.1) is 18.1 Å². The summed E-state index contributed by atoms with van der Waals surface area (Å²) in [6, 6.07) is 7.54. The van der Waals surface area contributed by atoms with E-state index in [-0.39, 0.29) is 5.91 Å². The lowest BCUT2D eigenvalue weighted by Crippen LogP contribution is -2.13. The van der Waals surface area contributed by atoms with Gasteiger partial charge in [-0.1, -0.05) is 18.2 Å². The van der Waals surface area contributed by atoms with Crippen molar-refractivity contribution in [2.45, 2.75) is 12.8 Å². The Hall–Kier alpha value is -2.43. The summed E-state index contributed by atoms with van der Waals surface area (Å²) in [6.07, 6.45) is 5.53. The van der Waals surface area contributed by atoms with Crippen LogP contribution in [0, 0.1) is 0 Å². The monoisotopic (exact) mass is 242 g/mol. The third-order valence-electron chi connectivity index (χ3n) is 2.52. The largest absolute Gasteiger partial charge is 0.399 e. The molecule has 0 bridgehead atoms. The molecule has 0 saturated carbocycles. The van der Waals surface area contributed by atoms with E-state index in [4.69, 9.17) is 5.73 Å². The molecule has 1 amide bonds. The number of aromatic nitrogens is 2. The number of hydrogen-bond donors (Lipinski definition) is 2. The lowest BCUT2D eigenvalue weighted by Gasteiger charge is -2.06. The zero-order valence-corrected chi connectivity index (χ0v) is 9.84. The first kappa shape index (κ1) is 12.0. The van der Waals surface area contributed by atoms with Crippen LogP contribution in [0.2, 0.25) is 0 Å². The number of rotatable bonds is 4. The standard InChI is InChI=1S/C13H14N4O/c14-12-4-2-1-3-10(12)5-6-13(18)17-11-7-15-9-16-8-11/h1-4,7-9H,5-6,14H2,(H,17,18). The van der Waals surface area contributed by atoms with Crippen LogP contribution in [0.1, 0.15) is 12.0 Å². The molecule has 1 heterocycles. The number of carbonyl (C=O) groups excluding carboxylic acids is 1. The number of nitrogens with zero attached hydrogens (tertiary/aromatic N) is 2. The summed E-state index contributed by atoms with van der Waals surface area (Å²) in [5.41, 5.74) is 8.11. The molecule has 1 aromatic carbocycles. The summed E-state index contributed by atoms with van der Waals surface area (Å²) in [6.45, 7) is 0. The summed E-state index contributed by atoms with van der Waals surface area (Å²) >= 11 is 0. The van der Waals surface area contributed by atoms with E-state index in [1.807, 2.05) is 24.3 Å². The Kier molecular flexibility index (Phi) is 3.86. The van der Waals surface area contributed by atoms with Crippen LogP contribution >= 0.6 is 0 Å². The van der Waals surface area contributed by atoms with E-state index >= 15 is 0 Å². The Bertz CT molecular complexity index is 528. The zero-order chi connectivity index (χ0) is 12.8. The molecule has 1 aromatic heterocycles. The molecular formula is C13H14N4O. The highest BCUT2D eigenvalue weighted by Crippen LogP contribution is 2.13. The van der Waals surface area contributed by atoms with E-state index in [0.717, 1.165) is 5.56 Å². The average molecular weight is 242 g/mol. The summed E-state index contributed by atoms with van der Waals surface area (Å²) in [4.78, 5) is 19.3. The highest BCUT2D eigenvalue weighted by Gasteiger charge is 2.05. The van der Waals surface area contributed by atoms with Crippen LogP contribution in [-0.4, -0.2) is 15.9 Å². The SMILES string of the molecule is Nc1ccccc1CCC(=O)Nc1cncnc1. The number of aryl methyl sites for hydroxylation is 1. The molecule has 0 unspecified atom stereocenters. The summed E-state index contributed by atoms with van der Waals surface area (Å²) in [5.74, 6) is -0.0759. The first-order chi connectivity index (χ1) is 8.75. The van der Waals surface area contributed by atoms with Crippen LogP contribution in [-0.2, 0) is 11.2 Å². The number of nitrogen functional groups attached to an aromatic ring is 1. The van der Waals surface area contributed by atoms with Crippen LogP contribution in [0.4, 0.5) is 11.4 Å². The number of para-hydroxylation sites is 1. The van der Waals surface area contributed by atoms with Crippen molar-refractivity contribution < 1.29 is 4.79 Å². The summed E-state index contributed by atoms with van der Waals surface area (Å²) in [7, 11) is 0. The number of anilines is 2. The topological polar surface area (TPSA) is 80.9 Å². The lowest BCUT2D eigenvalue weighted by atomic mass is 10.1. The van der Waals surface area contributed by atoms with Gasteiger partial charge in [-0.3, -0.25) is 4.79 Å². The highest BCUT2D eigenvalue weighted by atomic mass is 16.1. The maximum atomic E-state index is 11.7. The molecular weight excluding hydrogens is 228 g/mol. The second-order valence-electron chi connectivity index (χ2n) is 3.87. The van der Waals surface area contributed by atoms with Crippen LogP contribution < -0.4 is 11.1 Å². The van der Waals surface area contributed by atoms with Gasteiger partial charge in [0.2, 0.25) is 5.91 Å². The molecule has 0 aliphatic heterocycles. The van der Waals surface area contributed by atoms with Gasteiger partial charge >= 0.3 is 0 Å². The summed E-state index contributed by atoms with van der Waals surface area (Å²) in [5, 5.41) is 2.73. The molecule has 18 heavy (non-hydrogen) atoms. The first-order valence-electron chi connectivity index (χ1n) is 5.64. The van der Waals surface area contributed by atoms with Crippen molar-refractivity contribution in [3.8, 4) is 0 Å². The van der Waals surface area contributed by atoms with Gasteiger partial charge in [0.1, 0.15) is 6.33 Å². The second kappa shape index (κ2) is 5.77. The zero-order valence-electron chi connectivity index (χ0n) is 9.84. The molecule has 0 radical (unpaired) electrons. The predicted octanol–water partition coefficient (Wildman–Crippen LogP) is 1.63. The molecule has 0 aliphatic rings. The molecule has 5 nitrogen and oxygen atoms in total. The smallest absolute Gasteiger partial charge is 0.224 e. The molecule has 92 valence electrons. The van der Waals surface area contributed by atoms with Crippen molar-refractivity contribution >= 4 is 17.3 Å². The Morgan fingerprint density at radius 2 is 1.94 bits per heavy atom. The quantitative estimate of drug-likeness (QED) is 0.798. The number of hydrogen-bond acceptors (Lipinski definition) is 4. The predicted molar refractivity (Wildman–Crippen MR) is 69.8 cm³/mol. The van der Waals surface area contributed by atoms with E-state index < -0.39 is 0 Å². The molecule has 0 atom stereocenters. The minimum Gasteiger partial charge on any atom is -0.399 e. The second-order valence-corrected chi connectivity index (χ2v) is 3.87. The minimum atomic E-state index is -0.0759. The number of nitrogens with one attached hydrogen (secondary N) is 1. The molecule has 2 rings (SSSR count). The molecule has 3 N–H and O–H groups in total. The minimum absolute atomic E-state index is 0.0759. The normalized spacial score (nSPS) is 10.0. The third kappa shape index (κ3) is 3.28. The van der Waals surface area contributed by atoms with Crippen molar-refractivity contribution in [3.63, 3.8) is 0 Å². The van der Waals surface area contributed by atoms with Gasteiger partial charge in [-0.15, -0.1) is 0 Å². The first-order valence-corrected chi connectivity index (χ1v) is 5.64. The van der Waals surface area contributed by atoms with E-state index in [9.17, 15) is 4.79 Å².